The fraction of sp³-hybridized carbons (Fsp3) is 0.600. The number of rotatable bonds is 4. The zero-order valence-corrected chi connectivity index (χ0v) is 8.94. The first-order chi connectivity index (χ1) is 6.52. The summed E-state index contributed by atoms with van der Waals surface area (Å²) in [7, 11) is 2.66. The van der Waals surface area contributed by atoms with Crippen LogP contribution in [0.25, 0.3) is 0 Å². The lowest BCUT2D eigenvalue weighted by molar-refractivity contribution is -0.144. The molecule has 0 N–H and O–H groups in total. The molecule has 4 nitrogen and oxygen atoms in total. The summed E-state index contributed by atoms with van der Waals surface area (Å²) < 4.78 is 9.05. The van der Waals surface area contributed by atoms with E-state index in [2.05, 4.69) is 9.47 Å². The highest BCUT2D eigenvalue weighted by atomic mass is 16.5. The lowest BCUT2D eigenvalue weighted by Crippen LogP contribution is -2.13. The van der Waals surface area contributed by atoms with E-state index in [-0.39, 0.29) is 23.8 Å². The van der Waals surface area contributed by atoms with Crippen molar-refractivity contribution in [3.8, 4) is 0 Å². The molecule has 0 rings (SSSR count). The Bertz CT molecular complexity index is 208. The topological polar surface area (TPSA) is 52.6 Å². The molecule has 0 aromatic carbocycles. The monoisotopic (exact) mass is 200 g/mol. The van der Waals surface area contributed by atoms with Gasteiger partial charge in [0.1, 0.15) is 0 Å². The summed E-state index contributed by atoms with van der Waals surface area (Å²) in [6, 6.07) is 0. The van der Waals surface area contributed by atoms with E-state index in [9.17, 15) is 9.59 Å². The summed E-state index contributed by atoms with van der Waals surface area (Å²) in [6.45, 7) is 3.40. The summed E-state index contributed by atoms with van der Waals surface area (Å²) >= 11 is 0. The van der Waals surface area contributed by atoms with Crippen molar-refractivity contribution in [1.82, 2.24) is 0 Å². The van der Waals surface area contributed by atoms with E-state index in [1.165, 1.54) is 14.2 Å². The van der Waals surface area contributed by atoms with Crippen molar-refractivity contribution in [2.75, 3.05) is 14.2 Å². The molecule has 0 aliphatic rings. The molecule has 0 saturated carbocycles. The van der Waals surface area contributed by atoms with Gasteiger partial charge in [-0.25, -0.2) is 0 Å². The SMILES string of the molecule is COC(=O)[C@H](C)/C=C/[C@@H](C)C(=O)OC. The molecule has 0 aromatic heterocycles. The van der Waals surface area contributed by atoms with Crippen LogP contribution in [0.5, 0.6) is 0 Å². The summed E-state index contributed by atoms with van der Waals surface area (Å²) in [4.78, 5) is 21.9. The first-order valence-corrected chi connectivity index (χ1v) is 4.37. The first-order valence-electron chi connectivity index (χ1n) is 4.37. The lowest BCUT2D eigenvalue weighted by Gasteiger charge is -2.05. The van der Waals surface area contributed by atoms with Crippen molar-refractivity contribution in [3.63, 3.8) is 0 Å². The number of hydrogen-bond donors (Lipinski definition) is 0. The van der Waals surface area contributed by atoms with Gasteiger partial charge in [-0.1, -0.05) is 12.2 Å². The maximum atomic E-state index is 11.0. The van der Waals surface area contributed by atoms with Crippen LogP contribution in [0.3, 0.4) is 0 Å². The molecule has 0 fully saturated rings. The molecule has 0 aliphatic heterocycles. The third-order valence-corrected chi connectivity index (χ3v) is 1.83. The van der Waals surface area contributed by atoms with Crippen molar-refractivity contribution in [3.05, 3.63) is 12.2 Å². The molecule has 0 aliphatic carbocycles. The maximum absolute atomic E-state index is 11.0. The molecule has 80 valence electrons. The number of ether oxygens (including phenoxy) is 2. The molecule has 0 radical (unpaired) electrons. The van der Waals surface area contributed by atoms with Gasteiger partial charge in [0.25, 0.3) is 0 Å². The van der Waals surface area contributed by atoms with E-state index in [0.717, 1.165) is 0 Å². The molecule has 0 bridgehead atoms. The third kappa shape index (κ3) is 4.07. The van der Waals surface area contributed by atoms with Crippen LogP contribution in [0.1, 0.15) is 13.8 Å². The molecule has 14 heavy (non-hydrogen) atoms. The molecule has 0 spiro atoms. The van der Waals surface area contributed by atoms with E-state index in [1.54, 1.807) is 26.0 Å². The van der Waals surface area contributed by atoms with Gasteiger partial charge in [-0.3, -0.25) is 9.59 Å². The van der Waals surface area contributed by atoms with Crippen molar-refractivity contribution in [2.24, 2.45) is 11.8 Å². The van der Waals surface area contributed by atoms with Crippen LogP contribution in [-0.4, -0.2) is 26.2 Å². The molecule has 4 heteroatoms. The Labute approximate surface area is 83.9 Å². The normalized spacial score (nSPS) is 14.9. The highest BCUT2D eigenvalue weighted by Crippen LogP contribution is 2.05. The highest BCUT2D eigenvalue weighted by Gasteiger charge is 2.12. The second kappa shape index (κ2) is 6.18. The fourth-order valence-corrected chi connectivity index (χ4v) is 0.862. The molecule has 0 saturated heterocycles. The van der Waals surface area contributed by atoms with Gasteiger partial charge in [-0.15, -0.1) is 0 Å². The van der Waals surface area contributed by atoms with Gasteiger partial charge in [0, 0.05) is 0 Å². The van der Waals surface area contributed by atoms with Crippen LogP contribution >= 0.6 is 0 Å². The van der Waals surface area contributed by atoms with Crippen LogP contribution < -0.4 is 0 Å². The number of methoxy groups -OCH3 is 2. The Morgan fingerprint density at radius 3 is 1.43 bits per heavy atom. The van der Waals surface area contributed by atoms with E-state index < -0.39 is 0 Å². The summed E-state index contributed by atoms with van der Waals surface area (Å²) in [5.74, 6) is -1.32. The largest absolute Gasteiger partial charge is 0.469 e. The Morgan fingerprint density at radius 2 is 1.21 bits per heavy atom. The Morgan fingerprint density at radius 1 is 0.929 bits per heavy atom. The molecule has 0 unspecified atom stereocenters. The Kier molecular flexibility index (Phi) is 5.60. The van der Waals surface area contributed by atoms with Crippen LogP contribution in [0.15, 0.2) is 12.2 Å². The lowest BCUT2D eigenvalue weighted by atomic mass is 10.1. The van der Waals surface area contributed by atoms with Gasteiger partial charge >= 0.3 is 11.9 Å². The predicted octanol–water partition coefficient (Wildman–Crippen LogP) is 1.16. The van der Waals surface area contributed by atoms with Crippen LogP contribution in [-0.2, 0) is 19.1 Å². The zero-order valence-electron chi connectivity index (χ0n) is 8.94. The van der Waals surface area contributed by atoms with E-state index in [1.807, 2.05) is 0 Å². The Balaban J connectivity index is 4.16. The van der Waals surface area contributed by atoms with E-state index >= 15 is 0 Å². The van der Waals surface area contributed by atoms with Gasteiger partial charge in [-0.05, 0) is 13.8 Å². The standard InChI is InChI=1S/C10H16O4/c1-7(9(11)13-3)5-6-8(2)10(12)14-4/h5-8H,1-4H3/b6-5+/t7-,8-/m1/s1. The second-order valence-corrected chi connectivity index (χ2v) is 3.01. The molecule has 2 atom stereocenters. The van der Waals surface area contributed by atoms with Crippen molar-refractivity contribution < 1.29 is 19.1 Å². The van der Waals surface area contributed by atoms with Crippen molar-refractivity contribution in [2.45, 2.75) is 13.8 Å². The summed E-state index contributed by atoms with van der Waals surface area (Å²) in [5.41, 5.74) is 0. The summed E-state index contributed by atoms with van der Waals surface area (Å²) in [6.07, 6.45) is 3.26. The van der Waals surface area contributed by atoms with Crippen molar-refractivity contribution >= 4 is 11.9 Å². The van der Waals surface area contributed by atoms with Crippen molar-refractivity contribution in [1.29, 1.82) is 0 Å². The average Bonchev–Trinajstić information content (AvgIpc) is 2.22. The molecule has 0 aromatic rings. The second-order valence-electron chi connectivity index (χ2n) is 3.01. The first kappa shape index (κ1) is 12.7. The molecule has 0 amide bonds. The quantitative estimate of drug-likeness (QED) is 0.504. The summed E-state index contributed by atoms with van der Waals surface area (Å²) in [5, 5.41) is 0. The number of carbonyl (C=O) groups excluding carboxylic acids is 2. The maximum Gasteiger partial charge on any atom is 0.312 e. The molecule has 0 heterocycles. The number of esters is 2. The third-order valence-electron chi connectivity index (χ3n) is 1.83. The fourth-order valence-electron chi connectivity index (χ4n) is 0.862. The van der Waals surface area contributed by atoms with Crippen LogP contribution in [0.4, 0.5) is 0 Å². The van der Waals surface area contributed by atoms with Gasteiger partial charge in [-0.2, -0.15) is 0 Å². The minimum absolute atomic E-state index is 0.321. The van der Waals surface area contributed by atoms with Crippen LogP contribution in [0, 0.1) is 11.8 Å². The van der Waals surface area contributed by atoms with E-state index in [0.29, 0.717) is 0 Å². The van der Waals surface area contributed by atoms with Gasteiger partial charge < -0.3 is 9.47 Å². The van der Waals surface area contributed by atoms with Gasteiger partial charge in [0.2, 0.25) is 0 Å². The Hall–Kier alpha value is -1.32. The van der Waals surface area contributed by atoms with Gasteiger partial charge in [0.05, 0.1) is 26.1 Å². The predicted molar refractivity (Wildman–Crippen MR) is 51.5 cm³/mol. The van der Waals surface area contributed by atoms with Crippen LogP contribution in [0.2, 0.25) is 0 Å². The van der Waals surface area contributed by atoms with E-state index in [4.69, 9.17) is 0 Å². The zero-order chi connectivity index (χ0) is 11.1. The minimum Gasteiger partial charge on any atom is -0.469 e. The minimum atomic E-state index is -0.341. The number of hydrogen-bond acceptors (Lipinski definition) is 4. The van der Waals surface area contributed by atoms with Gasteiger partial charge in [0.15, 0.2) is 0 Å². The number of carbonyl (C=O) groups is 2. The highest BCUT2D eigenvalue weighted by molar-refractivity contribution is 5.75. The smallest absolute Gasteiger partial charge is 0.312 e. The average molecular weight is 200 g/mol. The molecular weight excluding hydrogens is 184 g/mol. The molecular formula is C10H16O4.